The van der Waals surface area contributed by atoms with E-state index in [1.807, 2.05) is 4.72 Å². The number of halogens is 2. The van der Waals surface area contributed by atoms with Gasteiger partial charge in [0, 0.05) is 36.6 Å². The van der Waals surface area contributed by atoms with Gasteiger partial charge in [0.15, 0.2) is 5.78 Å². The van der Waals surface area contributed by atoms with Crippen LogP contribution in [-0.2, 0) is 15.7 Å². The lowest BCUT2D eigenvalue weighted by atomic mass is 9.82. The van der Waals surface area contributed by atoms with Crippen molar-refractivity contribution in [1.82, 2.24) is 24.6 Å². The molecular formula is C24H25Cl2N5O5S. The van der Waals surface area contributed by atoms with E-state index in [9.17, 15) is 22.8 Å². The predicted molar refractivity (Wildman–Crippen MR) is 141 cm³/mol. The van der Waals surface area contributed by atoms with E-state index in [4.69, 9.17) is 23.2 Å². The highest BCUT2D eigenvalue weighted by molar-refractivity contribution is 7.87. The van der Waals surface area contributed by atoms with Crippen LogP contribution in [0.25, 0.3) is 10.9 Å². The first kappa shape index (κ1) is 26.9. The van der Waals surface area contributed by atoms with Crippen molar-refractivity contribution in [3.63, 3.8) is 0 Å². The van der Waals surface area contributed by atoms with Crippen LogP contribution in [0.15, 0.2) is 42.5 Å². The lowest BCUT2D eigenvalue weighted by Gasteiger charge is -2.43. The Kier molecular flexibility index (Phi) is 7.52. The van der Waals surface area contributed by atoms with Crippen molar-refractivity contribution >= 4 is 62.0 Å². The molecule has 1 aliphatic rings. The van der Waals surface area contributed by atoms with Crippen LogP contribution in [0.4, 0.5) is 4.79 Å². The highest BCUT2D eigenvalue weighted by Gasteiger charge is 2.43. The number of hydrogen-bond acceptors (Lipinski definition) is 5. The smallest absolute Gasteiger partial charge is 0.329 e. The zero-order valence-electron chi connectivity index (χ0n) is 20.0. The maximum Gasteiger partial charge on any atom is 0.329 e. The second-order valence-electron chi connectivity index (χ2n) is 8.80. The first-order valence-corrected chi connectivity index (χ1v) is 13.6. The summed E-state index contributed by atoms with van der Waals surface area (Å²) >= 11 is 12.4. The summed E-state index contributed by atoms with van der Waals surface area (Å²) in [6, 6.07) is 10.7. The highest BCUT2D eigenvalue weighted by Crippen LogP contribution is 2.35. The zero-order chi connectivity index (χ0) is 27.0. The number of H-pyrrole nitrogens is 1. The van der Waals surface area contributed by atoms with Crippen molar-refractivity contribution in [3.8, 4) is 0 Å². The molecule has 1 aromatic heterocycles. The molecule has 37 heavy (non-hydrogen) atoms. The monoisotopic (exact) mass is 565 g/mol. The fourth-order valence-corrected chi connectivity index (χ4v) is 6.06. The Morgan fingerprint density at radius 3 is 2.57 bits per heavy atom. The number of aromatic nitrogens is 1. The fraction of sp³-hybridized carbons (Fsp3) is 0.292. The van der Waals surface area contributed by atoms with E-state index < -0.39 is 27.7 Å². The number of rotatable bonds is 6. The maximum atomic E-state index is 13.5. The van der Waals surface area contributed by atoms with E-state index in [1.165, 1.54) is 14.0 Å². The van der Waals surface area contributed by atoms with Gasteiger partial charge in [-0.2, -0.15) is 12.7 Å². The second-order valence-corrected chi connectivity index (χ2v) is 11.3. The Morgan fingerprint density at radius 2 is 1.86 bits per heavy atom. The molecule has 2 heterocycles. The standard InChI is InChI=1S/C24H25Cl2N5O5S/c1-14(32)15-5-3-6-16(11-15)24(9-4-10-31(13-24)37(35,36)30-23(34)27-2)29-22(33)20-12-17-19(28-20)8-7-18(25)21(17)26/h3,5-8,11-12,28H,4,9-10,13H2,1-2H3,(H,29,33)(H2,27,30,34). The Labute approximate surface area is 223 Å². The number of Topliss-reactive ketones (excluding diaryl/α,β-unsaturated/α-hetero) is 1. The van der Waals surface area contributed by atoms with Crippen molar-refractivity contribution in [2.24, 2.45) is 0 Å². The molecule has 1 aliphatic heterocycles. The molecule has 0 spiro atoms. The minimum atomic E-state index is -4.22. The van der Waals surface area contributed by atoms with E-state index in [0.29, 0.717) is 44.9 Å². The average Bonchev–Trinajstić information content (AvgIpc) is 3.31. The second kappa shape index (κ2) is 10.3. The summed E-state index contributed by atoms with van der Waals surface area (Å²) < 4.78 is 29.0. The van der Waals surface area contributed by atoms with Gasteiger partial charge < -0.3 is 15.6 Å². The third-order valence-corrected chi connectivity index (χ3v) is 8.61. The van der Waals surface area contributed by atoms with Gasteiger partial charge in [-0.1, -0.05) is 41.4 Å². The van der Waals surface area contributed by atoms with Gasteiger partial charge in [0.25, 0.3) is 5.91 Å². The Balaban J connectivity index is 1.75. The zero-order valence-corrected chi connectivity index (χ0v) is 22.4. The summed E-state index contributed by atoms with van der Waals surface area (Å²) in [5.41, 5.74) is 0.587. The van der Waals surface area contributed by atoms with Gasteiger partial charge in [-0.3, -0.25) is 9.59 Å². The number of hydrogen-bond donors (Lipinski definition) is 4. The first-order chi connectivity index (χ1) is 17.5. The number of aromatic amines is 1. The van der Waals surface area contributed by atoms with E-state index in [2.05, 4.69) is 15.6 Å². The van der Waals surface area contributed by atoms with Crippen molar-refractivity contribution in [2.45, 2.75) is 25.3 Å². The van der Waals surface area contributed by atoms with Gasteiger partial charge in [-0.25, -0.2) is 9.52 Å². The number of nitrogens with one attached hydrogen (secondary N) is 4. The molecule has 0 bridgehead atoms. The average molecular weight is 566 g/mol. The molecule has 0 saturated carbocycles. The molecule has 0 radical (unpaired) electrons. The molecule has 3 aromatic rings. The van der Waals surface area contributed by atoms with Gasteiger partial charge in [-0.05, 0) is 49.6 Å². The molecule has 1 atom stereocenters. The largest absolute Gasteiger partial charge is 0.350 e. The van der Waals surface area contributed by atoms with Crippen molar-refractivity contribution in [2.75, 3.05) is 20.1 Å². The molecule has 4 N–H and O–H groups in total. The molecule has 10 nitrogen and oxygen atoms in total. The minimum absolute atomic E-state index is 0.136. The van der Waals surface area contributed by atoms with Gasteiger partial charge >= 0.3 is 16.2 Å². The summed E-state index contributed by atoms with van der Waals surface area (Å²) in [5.74, 6) is -0.679. The summed E-state index contributed by atoms with van der Waals surface area (Å²) in [4.78, 5) is 40.4. The van der Waals surface area contributed by atoms with E-state index >= 15 is 0 Å². The van der Waals surface area contributed by atoms with Crippen molar-refractivity contribution < 1.29 is 22.8 Å². The molecule has 3 amide bonds. The molecule has 1 unspecified atom stereocenters. The quantitative estimate of drug-likeness (QED) is 0.338. The van der Waals surface area contributed by atoms with Crippen molar-refractivity contribution in [1.29, 1.82) is 0 Å². The van der Waals surface area contributed by atoms with Crippen LogP contribution >= 0.6 is 23.2 Å². The topological polar surface area (TPSA) is 140 Å². The molecule has 2 aromatic carbocycles. The van der Waals surface area contributed by atoms with Crippen LogP contribution < -0.4 is 15.4 Å². The predicted octanol–water partition coefficient (Wildman–Crippen LogP) is 3.57. The molecule has 0 aliphatic carbocycles. The Morgan fingerprint density at radius 1 is 1.11 bits per heavy atom. The maximum absolute atomic E-state index is 13.5. The van der Waals surface area contributed by atoms with Crippen LogP contribution in [0.1, 0.15) is 46.2 Å². The molecule has 13 heteroatoms. The van der Waals surface area contributed by atoms with Gasteiger partial charge in [0.2, 0.25) is 0 Å². The Bertz CT molecular complexity index is 1510. The molecule has 4 rings (SSSR count). The molecule has 1 saturated heterocycles. The van der Waals surface area contributed by atoms with E-state index in [0.717, 1.165) is 4.31 Å². The number of carbonyl (C=O) groups is 3. The lowest BCUT2D eigenvalue weighted by molar-refractivity contribution is 0.0839. The number of carbonyl (C=O) groups excluding carboxylic acids is 3. The van der Waals surface area contributed by atoms with Crippen LogP contribution in [0.5, 0.6) is 0 Å². The lowest BCUT2D eigenvalue weighted by Crippen LogP contribution is -2.59. The normalized spacial score (nSPS) is 18.4. The van der Waals surface area contributed by atoms with E-state index in [-0.39, 0.29) is 24.6 Å². The van der Waals surface area contributed by atoms with Crippen LogP contribution in [0, 0.1) is 0 Å². The van der Waals surface area contributed by atoms with Crippen LogP contribution in [-0.4, -0.2) is 55.6 Å². The minimum Gasteiger partial charge on any atom is -0.350 e. The first-order valence-electron chi connectivity index (χ1n) is 11.4. The summed E-state index contributed by atoms with van der Waals surface area (Å²) in [6.45, 7) is 1.39. The van der Waals surface area contributed by atoms with Crippen LogP contribution in [0.2, 0.25) is 10.0 Å². The number of amides is 3. The number of piperidine rings is 1. The number of fused-ring (bicyclic) bond motifs is 1. The SMILES string of the molecule is CNC(=O)NS(=O)(=O)N1CCCC(NC(=O)c2cc3c(Cl)c(Cl)ccc3[nH]2)(c2cccc(C(C)=O)c2)C1. The summed E-state index contributed by atoms with van der Waals surface area (Å²) in [5, 5.41) is 6.43. The van der Waals surface area contributed by atoms with Gasteiger partial charge in [-0.15, -0.1) is 0 Å². The summed E-state index contributed by atoms with van der Waals surface area (Å²) in [7, 11) is -2.91. The molecule has 1 fully saturated rings. The van der Waals surface area contributed by atoms with E-state index in [1.54, 1.807) is 42.5 Å². The third-order valence-electron chi connectivity index (χ3n) is 6.36. The molecule has 196 valence electrons. The third kappa shape index (κ3) is 5.45. The number of benzene rings is 2. The highest BCUT2D eigenvalue weighted by atomic mass is 35.5. The van der Waals surface area contributed by atoms with Gasteiger partial charge in [0.1, 0.15) is 5.69 Å². The summed E-state index contributed by atoms with van der Waals surface area (Å²) in [6.07, 6.45) is 0.770. The number of urea groups is 1. The van der Waals surface area contributed by atoms with Crippen LogP contribution in [0.3, 0.4) is 0 Å². The number of ketones is 1. The Hall–Kier alpha value is -3.12. The molecular weight excluding hydrogens is 541 g/mol. The van der Waals surface area contributed by atoms with Crippen molar-refractivity contribution in [3.05, 3.63) is 69.3 Å². The fourth-order valence-electron chi connectivity index (χ4n) is 4.45. The van der Waals surface area contributed by atoms with Gasteiger partial charge in [0.05, 0.1) is 15.6 Å². The number of nitrogens with zero attached hydrogens (tertiary/aromatic N) is 1.